The molecule has 7 aromatic carbocycles. The predicted octanol–water partition coefficient (Wildman–Crippen LogP) is 16.8. The van der Waals surface area contributed by atoms with Crippen LogP contribution in [0.1, 0.15) is 54.9 Å². The molecular weight excluding hydrogens is 803 g/mol. The summed E-state index contributed by atoms with van der Waals surface area (Å²) in [6, 6.07) is 59.6. The zero-order valence-corrected chi connectivity index (χ0v) is 37.2. The summed E-state index contributed by atoms with van der Waals surface area (Å²) in [7, 11) is 0. The Morgan fingerprint density at radius 1 is 0.576 bits per heavy atom. The van der Waals surface area contributed by atoms with Gasteiger partial charge in [0.1, 0.15) is 23.4 Å². The smallest absolute Gasteiger partial charge is 0.138 e. The summed E-state index contributed by atoms with van der Waals surface area (Å²) in [5.74, 6) is 3.72. The molecule has 3 aliphatic carbocycles. The number of hydrogen-bond donors (Lipinski definition) is 0. The Morgan fingerprint density at radius 3 is 2.12 bits per heavy atom. The maximum absolute atomic E-state index is 6.90. The molecule has 2 unspecified atom stereocenters. The van der Waals surface area contributed by atoms with Gasteiger partial charge in [-0.15, -0.1) is 0 Å². The molecule has 0 aromatic heterocycles. The lowest BCUT2D eigenvalue weighted by molar-refractivity contribution is 0.165. The molecular formula is C63H51NO2. The molecule has 3 heteroatoms. The molecule has 66 heavy (non-hydrogen) atoms. The lowest BCUT2D eigenvalue weighted by Gasteiger charge is -2.30. The van der Waals surface area contributed by atoms with Crippen LogP contribution >= 0.6 is 0 Å². The molecule has 0 radical (unpaired) electrons. The van der Waals surface area contributed by atoms with Crippen LogP contribution in [0.3, 0.4) is 0 Å². The first kappa shape index (κ1) is 39.9. The Kier molecular flexibility index (Phi) is 10.3. The van der Waals surface area contributed by atoms with Crippen LogP contribution in [0.4, 0.5) is 17.1 Å². The van der Waals surface area contributed by atoms with Crippen LogP contribution in [-0.4, -0.2) is 6.10 Å². The largest absolute Gasteiger partial charge is 0.489 e. The summed E-state index contributed by atoms with van der Waals surface area (Å²) in [6.07, 6.45) is 23.4. The van der Waals surface area contributed by atoms with Crippen molar-refractivity contribution in [3.63, 3.8) is 0 Å². The number of hydrogen-bond acceptors (Lipinski definition) is 3. The van der Waals surface area contributed by atoms with Gasteiger partial charge in [0.25, 0.3) is 0 Å². The lowest BCUT2D eigenvalue weighted by atomic mass is 9.80. The predicted molar refractivity (Wildman–Crippen MR) is 273 cm³/mol. The van der Waals surface area contributed by atoms with Crippen molar-refractivity contribution in [1.82, 2.24) is 0 Å². The van der Waals surface area contributed by atoms with Crippen LogP contribution in [0.5, 0.6) is 11.5 Å². The summed E-state index contributed by atoms with van der Waals surface area (Å²) in [4.78, 5) is 2.44. The molecule has 2 aliphatic heterocycles. The second kappa shape index (κ2) is 17.1. The van der Waals surface area contributed by atoms with Gasteiger partial charge in [-0.2, -0.15) is 0 Å². The average Bonchev–Trinajstić information content (AvgIpc) is 3.63. The van der Waals surface area contributed by atoms with Crippen molar-refractivity contribution in [1.29, 1.82) is 0 Å². The number of allylic oxidation sites excluding steroid dienone is 9. The van der Waals surface area contributed by atoms with Gasteiger partial charge in [0.2, 0.25) is 0 Å². The van der Waals surface area contributed by atoms with Crippen LogP contribution in [-0.2, 0) is 11.2 Å². The fraction of sp³-hybridized carbons (Fsp3) is 0.143. The minimum atomic E-state index is -0.0445. The molecule has 0 saturated carbocycles. The Bertz CT molecular complexity index is 3180. The molecule has 0 saturated heterocycles. The van der Waals surface area contributed by atoms with Gasteiger partial charge in [-0.3, -0.25) is 0 Å². The van der Waals surface area contributed by atoms with E-state index >= 15 is 0 Å². The first-order valence-corrected chi connectivity index (χ1v) is 23.6. The van der Waals surface area contributed by atoms with E-state index < -0.39 is 0 Å². The summed E-state index contributed by atoms with van der Waals surface area (Å²) in [5, 5.41) is 0. The third kappa shape index (κ3) is 7.35. The quantitative estimate of drug-likeness (QED) is 0.142. The number of nitrogens with zero attached hydrogens (tertiary/aromatic N) is 1. The molecule has 320 valence electrons. The van der Waals surface area contributed by atoms with E-state index in [-0.39, 0.29) is 12.0 Å². The van der Waals surface area contributed by atoms with Crippen molar-refractivity contribution in [3.8, 4) is 44.9 Å². The molecule has 7 aromatic rings. The molecule has 0 N–H and O–H groups in total. The van der Waals surface area contributed by atoms with E-state index in [1.807, 2.05) is 0 Å². The maximum Gasteiger partial charge on any atom is 0.138 e. The first-order valence-electron chi connectivity index (χ1n) is 23.6. The SMILES string of the molecule is CC1C=CCC(c2cc(N(c3ccc(-c4ccccc4)cc3)c3ccc(-c4cccc5c4Oc4ccccc4C5)c(-c4ccccc4)c3)ccc2C2=CC=CC3C4=C(CCC=C4)O[C@H]23)=CC1. The van der Waals surface area contributed by atoms with Crippen LogP contribution in [0.25, 0.3) is 44.5 Å². The zero-order valence-electron chi connectivity index (χ0n) is 37.2. The van der Waals surface area contributed by atoms with Crippen molar-refractivity contribution < 1.29 is 9.47 Å². The molecule has 0 amide bonds. The van der Waals surface area contributed by atoms with Crippen molar-refractivity contribution >= 4 is 28.2 Å². The molecule has 3 nitrogen and oxygen atoms in total. The number of ether oxygens (including phenoxy) is 2. The van der Waals surface area contributed by atoms with E-state index in [1.54, 1.807) is 0 Å². The molecule has 3 atom stereocenters. The van der Waals surface area contributed by atoms with Gasteiger partial charge in [0.15, 0.2) is 0 Å². The van der Waals surface area contributed by atoms with Gasteiger partial charge in [-0.1, -0.05) is 177 Å². The lowest BCUT2D eigenvalue weighted by Crippen LogP contribution is -2.21. The molecule has 12 rings (SSSR count). The minimum absolute atomic E-state index is 0.0445. The van der Waals surface area contributed by atoms with Crippen molar-refractivity contribution in [3.05, 3.63) is 246 Å². The van der Waals surface area contributed by atoms with Crippen molar-refractivity contribution in [2.24, 2.45) is 11.8 Å². The monoisotopic (exact) mass is 853 g/mol. The summed E-state index contributed by atoms with van der Waals surface area (Å²) < 4.78 is 13.7. The number of benzene rings is 7. The molecule has 2 heterocycles. The van der Waals surface area contributed by atoms with Crippen molar-refractivity contribution in [2.75, 3.05) is 4.90 Å². The van der Waals surface area contributed by atoms with Crippen LogP contribution in [0.2, 0.25) is 0 Å². The molecule has 0 spiro atoms. The minimum Gasteiger partial charge on any atom is -0.489 e. The highest BCUT2D eigenvalue weighted by Crippen LogP contribution is 2.50. The topological polar surface area (TPSA) is 21.7 Å². The highest BCUT2D eigenvalue weighted by atomic mass is 16.5. The summed E-state index contributed by atoms with van der Waals surface area (Å²) in [5.41, 5.74) is 19.0. The Balaban J connectivity index is 1.03. The number of fused-ring (bicyclic) bond motifs is 4. The first-order chi connectivity index (χ1) is 32.6. The molecule has 0 bridgehead atoms. The Labute approximate surface area is 388 Å². The Hall–Kier alpha value is -7.62. The zero-order chi connectivity index (χ0) is 44.0. The van der Waals surface area contributed by atoms with Gasteiger partial charge in [0.05, 0.1) is 0 Å². The van der Waals surface area contributed by atoms with Gasteiger partial charge in [0, 0.05) is 52.5 Å². The van der Waals surface area contributed by atoms with Crippen LogP contribution in [0, 0.1) is 11.8 Å². The highest BCUT2D eigenvalue weighted by Gasteiger charge is 2.39. The van der Waals surface area contributed by atoms with Crippen LogP contribution < -0.4 is 9.64 Å². The van der Waals surface area contributed by atoms with Crippen LogP contribution in [0.15, 0.2) is 224 Å². The van der Waals surface area contributed by atoms with Crippen molar-refractivity contribution in [2.45, 2.75) is 45.1 Å². The standard InChI is InChI=1S/C63H51NO2/c1-42-15-12-21-46(30-29-42)59-41-51(36-38-53(59)56-25-14-26-57-54-23-9-11-28-61(54)66-63(56)57)64(49-33-31-44(32-34-49)43-16-4-2-5-17-43)50-35-37-52(58(40-50)45-18-6-3-7-19-45)55-24-13-22-48-39-47-20-8-10-27-60(47)65-62(48)55/h2-10,12-20,22-27,30-38,40-42,57,63H,11,21,28-29,39H2,1H3/t42?,57?,63-/m1/s1. The van der Waals surface area contributed by atoms with E-state index in [0.717, 1.165) is 88.7 Å². The molecule has 0 fully saturated rings. The highest BCUT2D eigenvalue weighted by molar-refractivity contribution is 5.93. The fourth-order valence-corrected chi connectivity index (χ4v) is 10.6. The van der Waals surface area contributed by atoms with E-state index in [1.165, 1.54) is 50.1 Å². The summed E-state index contributed by atoms with van der Waals surface area (Å²) >= 11 is 0. The van der Waals surface area contributed by atoms with E-state index in [0.29, 0.717) is 5.92 Å². The average molecular weight is 854 g/mol. The normalized spacial score (nSPS) is 19.0. The maximum atomic E-state index is 6.90. The molecule has 5 aliphatic rings. The van der Waals surface area contributed by atoms with Gasteiger partial charge < -0.3 is 14.4 Å². The number of anilines is 3. The van der Waals surface area contributed by atoms with E-state index in [9.17, 15) is 0 Å². The van der Waals surface area contributed by atoms with Gasteiger partial charge in [-0.25, -0.2) is 0 Å². The fourth-order valence-electron chi connectivity index (χ4n) is 10.6. The summed E-state index contributed by atoms with van der Waals surface area (Å²) in [6.45, 7) is 2.31. The second-order valence-corrected chi connectivity index (χ2v) is 18.2. The number of para-hydroxylation sites is 2. The third-order valence-electron chi connectivity index (χ3n) is 14.0. The third-order valence-corrected chi connectivity index (χ3v) is 14.0. The van der Waals surface area contributed by atoms with Gasteiger partial charge >= 0.3 is 0 Å². The number of rotatable bonds is 8. The second-order valence-electron chi connectivity index (χ2n) is 18.2. The van der Waals surface area contributed by atoms with E-state index in [4.69, 9.17) is 9.47 Å². The van der Waals surface area contributed by atoms with Gasteiger partial charge in [-0.05, 0) is 123 Å². The Morgan fingerprint density at radius 2 is 1.29 bits per heavy atom. The van der Waals surface area contributed by atoms with E-state index in [2.05, 4.69) is 224 Å².